The molecule has 136 valence electrons. The number of hydrogen-bond donors (Lipinski definition) is 0. The summed E-state index contributed by atoms with van der Waals surface area (Å²) in [5, 5.41) is -0.826. The van der Waals surface area contributed by atoms with E-state index in [2.05, 4.69) is 0 Å². The topological polar surface area (TPSA) is 43.4 Å². The molecule has 0 aliphatic carbocycles. The average Bonchev–Trinajstić information content (AvgIpc) is 2.60. The molecule has 2 atom stereocenters. The molecule has 2 aliphatic heterocycles. The Labute approximate surface area is 153 Å². The van der Waals surface area contributed by atoms with Gasteiger partial charge in [-0.1, -0.05) is 42.8 Å². The van der Waals surface area contributed by atoms with Gasteiger partial charge in [-0.15, -0.1) is 0 Å². The van der Waals surface area contributed by atoms with E-state index in [1.807, 2.05) is 30.3 Å². The van der Waals surface area contributed by atoms with Crippen LogP contribution in [0.3, 0.4) is 0 Å². The standard InChI is InChI=1S/C21H21FO3S/c22-21-13-17(25-14-15-5-2-1-3-6-15)9-10-20(21)16-11-18-7-4-8-19(12-16)26(18,23)24/h1-3,5-6,9-11,13,18-19H,4,7-8,12,14H2. The van der Waals surface area contributed by atoms with Crippen LogP contribution < -0.4 is 4.74 Å². The summed E-state index contributed by atoms with van der Waals surface area (Å²) in [5.41, 5.74) is 2.32. The fraction of sp³-hybridized carbons (Fsp3) is 0.333. The summed E-state index contributed by atoms with van der Waals surface area (Å²) >= 11 is 0. The zero-order valence-electron chi connectivity index (χ0n) is 14.4. The van der Waals surface area contributed by atoms with Crippen molar-refractivity contribution in [2.24, 2.45) is 0 Å². The highest BCUT2D eigenvalue weighted by atomic mass is 32.2. The third kappa shape index (κ3) is 3.28. The highest BCUT2D eigenvalue weighted by Gasteiger charge is 2.40. The van der Waals surface area contributed by atoms with Gasteiger partial charge in [0.1, 0.15) is 18.2 Å². The minimum atomic E-state index is -3.09. The third-order valence-electron chi connectivity index (χ3n) is 5.27. The molecule has 2 bridgehead atoms. The second-order valence-electron chi connectivity index (χ2n) is 6.99. The lowest BCUT2D eigenvalue weighted by Gasteiger charge is -2.33. The SMILES string of the molecule is O=S1(=O)C2C=C(c3ccc(OCc4ccccc4)cc3F)CC1CCC2. The first kappa shape index (κ1) is 17.3. The molecule has 0 saturated carbocycles. The van der Waals surface area contributed by atoms with Gasteiger partial charge in [-0.25, -0.2) is 12.8 Å². The maximum absolute atomic E-state index is 14.7. The molecule has 3 nitrogen and oxygen atoms in total. The number of halogens is 1. The van der Waals surface area contributed by atoms with Crippen molar-refractivity contribution in [1.82, 2.24) is 0 Å². The van der Waals surface area contributed by atoms with E-state index in [0.717, 1.165) is 17.6 Å². The number of ether oxygens (including phenoxy) is 1. The smallest absolute Gasteiger partial charge is 0.159 e. The second-order valence-corrected chi connectivity index (χ2v) is 9.44. The maximum Gasteiger partial charge on any atom is 0.159 e. The van der Waals surface area contributed by atoms with E-state index in [0.29, 0.717) is 37.2 Å². The Hall–Kier alpha value is -2.14. The Morgan fingerprint density at radius 2 is 1.88 bits per heavy atom. The summed E-state index contributed by atoms with van der Waals surface area (Å²) in [6.07, 6.45) is 4.40. The van der Waals surface area contributed by atoms with Gasteiger partial charge < -0.3 is 4.74 Å². The molecule has 5 heteroatoms. The maximum atomic E-state index is 14.7. The predicted octanol–water partition coefficient (Wildman–Crippen LogP) is 4.53. The first-order valence-corrected chi connectivity index (χ1v) is 10.5. The summed E-state index contributed by atoms with van der Waals surface area (Å²) in [6.45, 7) is 0.380. The molecule has 1 fully saturated rings. The summed E-state index contributed by atoms with van der Waals surface area (Å²) in [6, 6.07) is 14.6. The van der Waals surface area contributed by atoms with Crippen molar-refractivity contribution in [3.8, 4) is 5.75 Å². The number of rotatable bonds is 4. The van der Waals surface area contributed by atoms with Crippen LogP contribution >= 0.6 is 0 Å². The number of fused-ring (bicyclic) bond motifs is 2. The van der Waals surface area contributed by atoms with Gasteiger partial charge in [-0.3, -0.25) is 0 Å². The van der Waals surface area contributed by atoms with Crippen molar-refractivity contribution < 1.29 is 17.5 Å². The van der Waals surface area contributed by atoms with Crippen molar-refractivity contribution in [1.29, 1.82) is 0 Å². The molecule has 2 aromatic carbocycles. The van der Waals surface area contributed by atoms with Crippen molar-refractivity contribution >= 4 is 15.4 Å². The van der Waals surface area contributed by atoms with E-state index in [4.69, 9.17) is 4.74 Å². The molecule has 4 rings (SSSR count). The van der Waals surface area contributed by atoms with Crippen LogP contribution in [0.5, 0.6) is 5.75 Å². The number of benzene rings is 2. The molecular formula is C21H21FO3S. The molecule has 2 unspecified atom stereocenters. The Bertz CT molecular complexity index is 935. The van der Waals surface area contributed by atoms with Crippen molar-refractivity contribution in [2.45, 2.75) is 42.8 Å². The molecule has 26 heavy (non-hydrogen) atoms. The lowest BCUT2D eigenvalue weighted by Crippen LogP contribution is -2.38. The van der Waals surface area contributed by atoms with Crippen LogP contribution in [0.2, 0.25) is 0 Å². The van der Waals surface area contributed by atoms with E-state index in [1.54, 1.807) is 18.2 Å². The molecule has 0 aromatic heterocycles. The minimum Gasteiger partial charge on any atom is -0.489 e. The van der Waals surface area contributed by atoms with Gasteiger partial charge in [0.15, 0.2) is 9.84 Å². The minimum absolute atomic E-state index is 0.362. The molecule has 2 aromatic rings. The zero-order valence-corrected chi connectivity index (χ0v) is 15.2. The monoisotopic (exact) mass is 372 g/mol. The zero-order chi connectivity index (χ0) is 18.1. The van der Waals surface area contributed by atoms with Crippen molar-refractivity contribution in [3.05, 3.63) is 71.6 Å². The molecule has 2 aliphatic rings. The van der Waals surface area contributed by atoms with Crippen molar-refractivity contribution in [2.75, 3.05) is 0 Å². The summed E-state index contributed by atoms with van der Waals surface area (Å²) in [4.78, 5) is 0. The van der Waals surface area contributed by atoms with E-state index in [-0.39, 0.29) is 11.1 Å². The highest BCUT2D eigenvalue weighted by molar-refractivity contribution is 7.93. The van der Waals surface area contributed by atoms with E-state index >= 15 is 0 Å². The largest absolute Gasteiger partial charge is 0.489 e. The van der Waals surface area contributed by atoms with Crippen LogP contribution in [0.4, 0.5) is 4.39 Å². The average molecular weight is 372 g/mol. The van der Waals surface area contributed by atoms with Gasteiger partial charge in [0, 0.05) is 11.6 Å². The normalized spacial score (nSPS) is 24.0. The fourth-order valence-corrected chi connectivity index (χ4v) is 6.09. The third-order valence-corrected chi connectivity index (χ3v) is 7.82. The number of hydrogen-bond acceptors (Lipinski definition) is 3. The molecule has 0 radical (unpaired) electrons. The highest BCUT2D eigenvalue weighted by Crippen LogP contribution is 2.40. The Morgan fingerprint density at radius 1 is 1.08 bits per heavy atom. The van der Waals surface area contributed by atoms with Crippen LogP contribution in [0.1, 0.15) is 36.8 Å². The summed E-state index contributed by atoms with van der Waals surface area (Å²) < 4.78 is 45.1. The van der Waals surface area contributed by atoms with Crippen LogP contribution in [0.15, 0.2) is 54.6 Å². The molecule has 0 spiro atoms. The molecule has 0 N–H and O–H groups in total. The molecule has 2 heterocycles. The number of allylic oxidation sites excluding steroid dienone is 1. The van der Waals surface area contributed by atoms with E-state index in [1.165, 1.54) is 6.07 Å². The first-order valence-electron chi connectivity index (χ1n) is 8.94. The van der Waals surface area contributed by atoms with Crippen LogP contribution in [0.25, 0.3) is 5.57 Å². The van der Waals surface area contributed by atoms with Gasteiger partial charge in [-0.05, 0) is 42.5 Å². The van der Waals surface area contributed by atoms with Gasteiger partial charge in [-0.2, -0.15) is 0 Å². The Balaban J connectivity index is 1.54. The Kier molecular flexibility index (Phi) is 4.57. The number of sulfone groups is 1. The van der Waals surface area contributed by atoms with Crippen LogP contribution in [-0.4, -0.2) is 18.9 Å². The predicted molar refractivity (Wildman–Crippen MR) is 100 cm³/mol. The van der Waals surface area contributed by atoms with E-state index < -0.39 is 15.1 Å². The molecule has 1 saturated heterocycles. The second kappa shape index (κ2) is 6.88. The van der Waals surface area contributed by atoms with Crippen LogP contribution in [0, 0.1) is 5.82 Å². The van der Waals surface area contributed by atoms with E-state index in [9.17, 15) is 12.8 Å². The molecule has 0 amide bonds. The molecular weight excluding hydrogens is 351 g/mol. The van der Waals surface area contributed by atoms with Gasteiger partial charge in [0.25, 0.3) is 0 Å². The first-order chi connectivity index (χ1) is 12.5. The lowest BCUT2D eigenvalue weighted by atomic mass is 9.93. The fourth-order valence-electron chi connectivity index (χ4n) is 3.84. The van der Waals surface area contributed by atoms with Gasteiger partial charge >= 0.3 is 0 Å². The summed E-state index contributed by atoms with van der Waals surface area (Å²) in [5.74, 6) is 0.110. The quantitative estimate of drug-likeness (QED) is 0.792. The summed E-state index contributed by atoms with van der Waals surface area (Å²) in [7, 11) is -3.09. The Morgan fingerprint density at radius 3 is 2.62 bits per heavy atom. The van der Waals surface area contributed by atoms with Gasteiger partial charge in [0.2, 0.25) is 0 Å². The van der Waals surface area contributed by atoms with Gasteiger partial charge in [0.05, 0.1) is 10.5 Å². The lowest BCUT2D eigenvalue weighted by molar-refractivity contribution is 0.304. The van der Waals surface area contributed by atoms with Crippen LogP contribution in [-0.2, 0) is 16.4 Å². The van der Waals surface area contributed by atoms with Crippen molar-refractivity contribution in [3.63, 3.8) is 0 Å².